The van der Waals surface area contributed by atoms with Crippen molar-refractivity contribution in [3.63, 3.8) is 0 Å². The number of aromatic amines is 1. The maximum absolute atomic E-state index is 13.0. The maximum atomic E-state index is 13.0. The minimum absolute atomic E-state index is 0.130. The maximum Gasteiger partial charge on any atom is 0.268 e. The number of ether oxygens (including phenoxy) is 3. The number of amides is 1. The van der Waals surface area contributed by atoms with Crippen LogP contribution in [0.15, 0.2) is 91.0 Å². The van der Waals surface area contributed by atoms with Crippen molar-refractivity contribution in [2.24, 2.45) is 0 Å². The smallest absolute Gasteiger partial charge is 0.268 e. The van der Waals surface area contributed by atoms with Crippen LogP contribution in [-0.4, -0.2) is 47.9 Å². The molecule has 246 valence electrons. The molecule has 47 heavy (non-hydrogen) atoms. The van der Waals surface area contributed by atoms with Gasteiger partial charge in [-0.15, -0.1) is 0 Å². The van der Waals surface area contributed by atoms with E-state index < -0.39 is 6.10 Å². The summed E-state index contributed by atoms with van der Waals surface area (Å²) in [6.07, 6.45) is 0.876. The molecule has 0 spiro atoms. The van der Waals surface area contributed by atoms with Crippen molar-refractivity contribution in [2.45, 2.75) is 51.7 Å². The lowest BCUT2D eigenvalue weighted by Gasteiger charge is -2.21. The summed E-state index contributed by atoms with van der Waals surface area (Å²) in [7, 11) is 3.18. The predicted octanol–water partition coefficient (Wildman–Crippen LogP) is 5.83. The topological polar surface area (TPSA) is 125 Å². The molecule has 0 aliphatic carbocycles. The van der Waals surface area contributed by atoms with Crippen molar-refractivity contribution >= 4 is 16.8 Å². The number of methoxy groups -OCH3 is 2. The monoisotopic (exact) mass is 637 g/mol. The molecule has 0 aliphatic rings. The minimum atomic E-state index is -0.749. The number of carbonyl (C=O) groups excluding carboxylic acids is 1. The van der Waals surface area contributed by atoms with Crippen LogP contribution in [0, 0.1) is 0 Å². The number of carbonyl (C=O) groups is 1. The highest BCUT2D eigenvalue weighted by atomic mass is 16.5. The molecule has 9 heteroatoms. The van der Waals surface area contributed by atoms with Crippen molar-refractivity contribution in [3.05, 3.63) is 125 Å². The Morgan fingerprint density at radius 1 is 0.872 bits per heavy atom. The summed E-state index contributed by atoms with van der Waals surface area (Å²) in [6.45, 7) is 2.95. The summed E-state index contributed by atoms with van der Waals surface area (Å²) in [5, 5.41) is 28.3. The summed E-state index contributed by atoms with van der Waals surface area (Å²) >= 11 is 0. The van der Waals surface area contributed by atoms with Crippen molar-refractivity contribution in [2.75, 3.05) is 20.8 Å². The molecule has 0 radical (unpaired) electrons. The number of benzene rings is 4. The Bertz CT molecular complexity index is 1750. The number of fused-ring (bicyclic) bond motifs is 1. The molecular weight excluding hydrogens is 594 g/mol. The van der Waals surface area contributed by atoms with Crippen molar-refractivity contribution in [1.29, 1.82) is 0 Å². The van der Waals surface area contributed by atoms with Gasteiger partial charge in [0.15, 0.2) is 0 Å². The standard InChI is InChI=1S/C38H43N3O6/c1-4-30(39-22-34(43)27-14-16-35(29(19-27)23-42)47-24-25-9-6-5-7-10-25)18-26-13-15-32-28(17-26)20-33(41-32)38(44)40-21-31-36(45-2)11-8-12-37(31)46-3/h5-17,19-20,30,34,39,41-43H,4,18,21-24H2,1-3H3,(H,40,44)/t30-,34+/m1/s1. The molecule has 0 bridgehead atoms. The van der Waals surface area contributed by atoms with Gasteiger partial charge in [0.2, 0.25) is 0 Å². The molecule has 0 fully saturated rings. The second-order valence-corrected chi connectivity index (χ2v) is 11.5. The second kappa shape index (κ2) is 16.1. The molecule has 2 atom stereocenters. The first-order chi connectivity index (χ1) is 22.9. The molecule has 5 aromatic rings. The molecule has 4 aromatic carbocycles. The molecule has 1 heterocycles. The molecule has 5 N–H and O–H groups in total. The summed E-state index contributed by atoms with van der Waals surface area (Å²) < 4.78 is 16.8. The van der Waals surface area contributed by atoms with Crippen molar-refractivity contribution < 1.29 is 29.2 Å². The summed E-state index contributed by atoms with van der Waals surface area (Å²) in [5.74, 6) is 1.67. The third kappa shape index (κ3) is 8.51. The number of aliphatic hydroxyl groups is 2. The number of hydrogen-bond donors (Lipinski definition) is 5. The Kier molecular flexibility index (Phi) is 11.5. The number of aromatic nitrogens is 1. The summed E-state index contributed by atoms with van der Waals surface area (Å²) in [5.41, 5.74) is 5.63. The molecule has 9 nitrogen and oxygen atoms in total. The Morgan fingerprint density at radius 3 is 2.34 bits per heavy atom. The van der Waals surface area contributed by atoms with E-state index in [0.717, 1.165) is 40.4 Å². The van der Waals surface area contributed by atoms with Gasteiger partial charge in [0.25, 0.3) is 5.91 Å². The quantitative estimate of drug-likeness (QED) is 0.0922. The van der Waals surface area contributed by atoms with E-state index in [0.29, 0.717) is 47.2 Å². The molecule has 0 saturated carbocycles. The average molecular weight is 638 g/mol. The van der Waals surface area contributed by atoms with E-state index in [1.165, 1.54) is 0 Å². The van der Waals surface area contributed by atoms with E-state index in [4.69, 9.17) is 14.2 Å². The van der Waals surface area contributed by atoms with Crippen LogP contribution in [0.25, 0.3) is 10.9 Å². The number of hydrogen-bond acceptors (Lipinski definition) is 7. The Hall–Kier alpha value is -4.83. The highest BCUT2D eigenvalue weighted by Crippen LogP contribution is 2.28. The van der Waals surface area contributed by atoms with Crippen LogP contribution in [0.2, 0.25) is 0 Å². The SMILES string of the molecule is CC[C@H](Cc1ccc2[nH]c(C(=O)NCc3c(OC)cccc3OC)cc2c1)NC[C@H](O)c1ccc(OCc2ccccc2)c(CO)c1. The minimum Gasteiger partial charge on any atom is -0.496 e. The van der Waals surface area contributed by atoms with Gasteiger partial charge in [-0.3, -0.25) is 4.79 Å². The highest BCUT2D eigenvalue weighted by molar-refractivity contribution is 5.98. The molecule has 5 rings (SSSR count). The molecule has 0 aliphatic heterocycles. The van der Waals surface area contributed by atoms with Gasteiger partial charge in [0, 0.05) is 29.1 Å². The van der Waals surface area contributed by atoms with E-state index >= 15 is 0 Å². The van der Waals surface area contributed by atoms with Gasteiger partial charge in [-0.2, -0.15) is 0 Å². The normalized spacial score (nSPS) is 12.4. The Morgan fingerprint density at radius 2 is 1.64 bits per heavy atom. The zero-order valence-corrected chi connectivity index (χ0v) is 27.1. The lowest BCUT2D eigenvalue weighted by atomic mass is 10.0. The molecule has 1 amide bonds. The lowest BCUT2D eigenvalue weighted by molar-refractivity contribution is 0.0946. The van der Waals surface area contributed by atoms with E-state index in [9.17, 15) is 15.0 Å². The van der Waals surface area contributed by atoms with Crippen LogP contribution < -0.4 is 24.8 Å². The van der Waals surface area contributed by atoms with Gasteiger partial charge >= 0.3 is 0 Å². The van der Waals surface area contributed by atoms with Gasteiger partial charge in [-0.1, -0.05) is 55.5 Å². The van der Waals surface area contributed by atoms with E-state index in [1.54, 1.807) is 26.4 Å². The van der Waals surface area contributed by atoms with Gasteiger partial charge < -0.3 is 40.0 Å². The second-order valence-electron chi connectivity index (χ2n) is 11.5. The zero-order valence-electron chi connectivity index (χ0n) is 27.1. The fourth-order valence-electron chi connectivity index (χ4n) is 5.65. The first kappa shape index (κ1) is 33.5. The fourth-order valence-corrected chi connectivity index (χ4v) is 5.65. The zero-order chi connectivity index (χ0) is 33.2. The third-order valence-electron chi connectivity index (χ3n) is 8.34. The van der Waals surface area contributed by atoms with Gasteiger partial charge in [-0.25, -0.2) is 0 Å². The largest absolute Gasteiger partial charge is 0.496 e. The average Bonchev–Trinajstić information content (AvgIpc) is 3.55. The van der Waals surface area contributed by atoms with Gasteiger partial charge in [0.05, 0.1) is 39.0 Å². The van der Waals surface area contributed by atoms with E-state index in [1.807, 2.05) is 66.7 Å². The van der Waals surface area contributed by atoms with Crippen LogP contribution in [0.1, 0.15) is 57.8 Å². The molecule has 0 saturated heterocycles. The number of H-pyrrole nitrogens is 1. The van der Waals surface area contributed by atoms with Gasteiger partial charge in [0.1, 0.15) is 29.5 Å². The van der Waals surface area contributed by atoms with Crippen molar-refractivity contribution in [3.8, 4) is 17.2 Å². The lowest BCUT2D eigenvalue weighted by Crippen LogP contribution is -2.34. The van der Waals surface area contributed by atoms with Crippen LogP contribution in [-0.2, 0) is 26.2 Å². The number of rotatable bonds is 16. The van der Waals surface area contributed by atoms with Crippen molar-refractivity contribution in [1.82, 2.24) is 15.6 Å². The Balaban J connectivity index is 1.17. The third-order valence-corrected chi connectivity index (χ3v) is 8.34. The number of aliphatic hydroxyl groups excluding tert-OH is 2. The van der Waals surface area contributed by atoms with E-state index in [2.05, 4.69) is 34.7 Å². The van der Waals surface area contributed by atoms with Crippen LogP contribution in [0.3, 0.4) is 0 Å². The van der Waals surface area contributed by atoms with E-state index in [-0.39, 0.29) is 25.1 Å². The summed E-state index contributed by atoms with van der Waals surface area (Å²) in [4.78, 5) is 16.3. The first-order valence-electron chi connectivity index (χ1n) is 15.8. The fraction of sp³-hybridized carbons (Fsp3) is 0.289. The summed E-state index contributed by atoms with van der Waals surface area (Å²) in [6, 6.07) is 28.9. The van der Waals surface area contributed by atoms with Crippen LogP contribution in [0.5, 0.6) is 17.2 Å². The molecule has 0 unspecified atom stereocenters. The Labute approximate surface area is 275 Å². The molecule has 1 aromatic heterocycles. The first-order valence-corrected chi connectivity index (χ1v) is 15.8. The van der Waals surface area contributed by atoms with Gasteiger partial charge in [-0.05, 0) is 72.0 Å². The van der Waals surface area contributed by atoms with Crippen LogP contribution in [0.4, 0.5) is 0 Å². The number of nitrogens with one attached hydrogen (secondary N) is 3. The highest BCUT2D eigenvalue weighted by Gasteiger charge is 2.17. The molecular formula is C38H43N3O6. The van der Waals surface area contributed by atoms with Crippen LogP contribution >= 0.6 is 0 Å². The predicted molar refractivity (Wildman–Crippen MR) is 183 cm³/mol.